The van der Waals surface area contributed by atoms with Gasteiger partial charge in [-0.05, 0) is 54.3 Å². The third kappa shape index (κ3) is 4.26. The van der Waals surface area contributed by atoms with E-state index in [2.05, 4.69) is 10.3 Å². The van der Waals surface area contributed by atoms with E-state index < -0.39 is 12.2 Å². The number of rotatable bonds is 6. The number of ether oxygens (including phenoxy) is 1. The minimum atomic E-state index is -4.28. The summed E-state index contributed by atoms with van der Waals surface area (Å²) in [6.45, 7) is 0.952. The van der Waals surface area contributed by atoms with Crippen LogP contribution in [0.15, 0.2) is 42.7 Å². The molecule has 24 heavy (non-hydrogen) atoms. The summed E-state index contributed by atoms with van der Waals surface area (Å²) < 4.78 is 45.1. The van der Waals surface area contributed by atoms with Crippen LogP contribution in [0.5, 0.6) is 5.75 Å². The zero-order chi connectivity index (χ0) is 17.0. The van der Waals surface area contributed by atoms with Crippen molar-refractivity contribution in [2.75, 3.05) is 13.2 Å². The molecule has 1 atom stereocenters. The average molecular weight is 336 g/mol. The second-order valence-electron chi connectivity index (χ2n) is 5.90. The minimum Gasteiger partial charge on any atom is -0.493 e. The molecule has 0 aliphatic carbocycles. The maximum atomic E-state index is 13.2. The van der Waals surface area contributed by atoms with Crippen molar-refractivity contribution in [3.63, 3.8) is 0 Å². The summed E-state index contributed by atoms with van der Waals surface area (Å²) in [5.41, 5.74) is 2.78. The predicted octanol–water partition coefficient (Wildman–Crippen LogP) is 3.32. The first kappa shape index (κ1) is 16.8. The van der Waals surface area contributed by atoms with Crippen molar-refractivity contribution in [3.8, 4) is 5.75 Å². The standard InChI is InChI=1S/C18H19F3N2O/c19-18(20,21)17(12-14-3-7-22-8-4-14)23-9-5-13-1-2-16-15(11-13)6-10-24-16/h1-4,7-8,11,17,23H,5-6,9-10,12H2/t17-/m1/s1. The van der Waals surface area contributed by atoms with Crippen LogP contribution in [-0.2, 0) is 19.3 Å². The minimum absolute atomic E-state index is 0.0932. The normalized spacial score (nSPS) is 15.0. The van der Waals surface area contributed by atoms with Crippen molar-refractivity contribution in [3.05, 3.63) is 59.4 Å². The largest absolute Gasteiger partial charge is 0.493 e. The maximum absolute atomic E-state index is 13.2. The number of aromatic nitrogens is 1. The molecule has 128 valence electrons. The molecule has 1 aliphatic rings. The van der Waals surface area contributed by atoms with Gasteiger partial charge in [0.15, 0.2) is 0 Å². The fraction of sp³-hybridized carbons (Fsp3) is 0.389. The Morgan fingerprint density at radius 1 is 1.12 bits per heavy atom. The Balaban J connectivity index is 1.57. The Morgan fingerprint density at radius 3 is 2.67 bits per heavy atom. The van der Waals surface area contributed by atoms with Crippen LogP contribution >= 0.6 is 0 Å². The summed E-state index contributed by atoms with van der Waals surface area (Å²) >= 11 is 0. The summed E-state index contributed by atoms with van der Waals surface area (Å²) in [6, 6.07) is 7.50. The smallest absolute Gasteiger partial charge is 0.404 e. The van der Waals surface area contributed by atoms with Gasteiger partial charge in [0.1, 0.15) is 11.8 Å². The Hall–Kier alpha value is -2.08. The van der Waals surface area contributed by atoms with Gasteiger partial charge in [0.05, 0.1) is 6.61 Å². The number of pyridine rings is 1. The van der Waals surface area contributed by atoms with Crippen LogP contribution in [0, 0.1) is 0 Å². The number of alkyl halides is 3. The van der Waals surface area contributed by atoms with Gasteiger partial charge in [0, 0.05) is 18.8 Å². The van der Waals surface area contributed by atoms with Crippen LogP contribution in [0.3, 0.4) is 0 Å². The van der Waals surface area contributed by atoms with Crippen LogP contribution < -0.4 is 10.1 Å². The predicted molar refractivity (Wildman–Crippen MR) is 85.1 cm³/mol. The lowest BCUT2D eigenvalue weighted by Gasteiger charge is -2.22. The highest BCUT2D eigenvalue weighted by Crippen LogP contribution is 2.26. The molecule has 0 unspecified atom stereocenters. The van der Waals surface area contributed by atoms with Crippen LogP contribution in [0.4, 0.5) is 13.2 Å². The Kier molecular flexibility index (Phi) is 5.04. The van der Waals surface area contributed by atoms with E-state index in [1.54, 1.807) is 12.1 Å². The van der Waals surface area contributed by atoms with Crippen molar-refractivity contribution >= 4 is 0 Å². The second-order valence-corrected chi connectivity index (χ2v) is 5.90. The number of benzene rings is 1. The molecule has 1 aliphatic heterocycles. The molecule has 2 aromatic rings. The zero-order valence-electron chi connectivity index (χ0n) is 13.1. The van der Waals surface area contributed by atoms with Crippen molar-refractivity contribution in [1.29, 1.82) is 0 Å². The monoisotopic (exact) mass is 336 g/mol. The third-order valence-corrected chi connectivity index (χ3v) is 4.14. The van der Waals surface area contributed by atoms with E-state index in [-0.39, 0.29) is 13.0 Å². The lowest BCUT2D eigenvalue weighted by atomic mass is 10.0. The van der Waals surface area contributed by atoms with Crippen molar-refractivity contribution in [2.24, 2.45) is 0 Å². The van der Waals surface area contributed by atoms with Gasteiger partial charge in [-0.3, -0.25) is 4.98 Å². The van der Waals surface area contributed by atoms with Gasteiger partial charge in [0.2, 0.25) is 0 Å². The quantitative estimate of drug-likeness (QED) is 0.879. The molecule has 0 saturated heterocycles. The number of fused-ring (bicyclic) bond motifs is 1. The number of nitrogens with one attached hydrogen (secondary N) is 1. The van der Waals surface area contributed by atoms with E-state index in [4.69, 9.17) is 4.74 Å². The molecule has 3 rings (SSSR count). The summed E-state index contributed by atoms with van der Waals surface area (Å²) in [7, 11) is 0. The summed E-state index contributed by atoms with van der Waals surface area (Å²) in [5, 5.41) is 2.65. The van der Waals surface area contributed by atoms with Crippen LogP contribution in [-0.4, -0.2) is 30.4 Å². The lowest BCUT2D eigenvalue weighted by molar-refractivity contribution is -0.155. The zero-order valence-corrected chi connectivity index (χ0v) is 13.1. The third-order valence-electron chi connectivity index (χ3n) is 4.14. The van der Waals surface area contributed by atoms with E-state index in [0.717, 1.165) is 23.3 Å². The molecule has 0 bridgehead atoms. The Morgan fingerprint density at radius 2 is 1.92 bits per heavy atom. The van der Waals surface area contributed by atoms with Crippen LogP contribution in [0.1, 0.15) is 16.7 Å². The molecular formula is C18H19F3N2O. The Bertz CT molecular complexity index is 674. The Labute approximate surface area is 138 Å². The molecule has 0 amide bonds. The van der Waals surface area contributed by atoms with Crippen molar-refractivity contribution in [2.45, 2.75) is 31.5 Å². The van der Waals surface area contributed by atoms with E-state index in [0.29, 0.717) is 18.6 Å². The number of halogens is 3. The SMILES string of the molecule is FC(F)(F)[C@@H](Cc1ccncc1)NCCc1ccc2c(c1)CCO2. The maximum Gasteiger partial charge on any atom is 0.404 e. The summed E-state index contributed by atoms with van der Waals surface area (Å²) in [6.07, 6.45) is 0.0594. The van der Waals surface area contributed by atoms with Crippen molar-refractivity contribution < 1.29 is 17.9 Å². The van der Waals surface area contributed by atoms with Gasteiger partial charge in [-0.25, -0.2) is 0 Å². The lowest BCUT2D eigenvalue weighted by Crippen LogP contribution is -2.44. The number of hydrogen-bond donors (Lipinski definition) is 1. The van der Waals surface area contributed by atoms with Crippen LogP contribution in [0.2, 0.25) is 0 Å². The van der Waals surface area contributed by atoms with Crippen molar-refractivity contribution in [1.82, 2.24) is 10.3 Å². The van der Waals surface area contributed by atoms with Crippen LogP contribution in [0.25, 0.3) is 0 Å². The van der Waals surface area contributed by atoms with E-state index >= 15 is 0 Å². The fourth-order valence-electron chi connectivity index (χ4n) is 2.84. The average Bonchev–Trinajstić information content (AvgIpc) is 3.02. The van der Waals surface area contributed by atoms with Gasteiger partial charge < -0.3 is 10.1 Å². The van der Waals surface area contributed by atoms with Gasteiger partial charge in [0.25, 0.3) is 0 Å². The second kappa shape index (κ2) is 7.21. The highest BCUT2D eigenvalue weighted by molar-refractivity contribution is 5.39. The highest BCUT2D eigenvalue weighted by Gasteiger charge is 2.39. The first-order chi connectivity index (χ1) is 11.5. The molecule has 6 heteroatoms. The first-order valence-corrected chi connectivity index (χ1v) is 7.96. The summed E-state index contributed by atoms with van der Waals surface area (Å²) in [5.74, 6) is 0.887. The van der Waals surface area contributed by atoms with Gasteiger partial charge in [-0.1, -0.05) is 12.1 Å². The first-order valence-electron chi connectivity index (χ1n) is 7.96. The topological polar surface area (TPSA) is 34.2 Å². The van der Waals surface area contributed by atoms with E-state index in [9.17, 15) is 13.2 Å². The number of nitrogens with zero attached hydrogens (tertiary/aromatic N) is 1. The van der Waals surface area contributed by atoms with Gasteiger partial charge >= 0.3 is 6.18 Å². The molecule has 0 radical (unpaired) electrons. The molecule has 0 fully saturated rings. The molecule has 3 nitrogen and oxygen atoms in total. The number of hydrogen-bond acceptors (Lipinski definition) is 3. The highest BCUT2D eigenvalue weighted by atomic mass is 19.4. The molecule has 1 N–H and O–H groups in total. The molecule has 0 saturated carbocycles. The molecule has 1 aromatic carbocycles. The molecule has 2 heterocycles. The van der Waals surface area contributed by atoms with Gasteiger partial charge in [-0.15, -0.1) is 0 Å². The van der Waals surface area contributed by atoms with E-state index in [1.165, 1.54) is 12.4 Å². The molecular weight excluding hydrogens is 317 g/mol. The molecule has 0 spiro atoms. The summed E-state index contributed by atoms with van der Waals surface area (Å²) in [4.78, 5) is 3.83. The fourth-order valence-corrected chi connectivity index (χ4v) is 2.84. The van der Waals surface area contributed by atoms with E-state index in [1.807, 2.05) is 18.2 Å². The molecule has 1 aromatic heterocycles. The van der Waals surface area contributed by atoms with Gasteiger partial charge in [-0.2, -0.15) is 13.2 Å².